The molecule has 0 aliphatic rings. The molecule has 16 heavy (non-hydrogen) atoms. The number of aromatic nitrogens is 3. The van der Waals surface area contributed by atoms with Crippen LogP contribution in [0.3, 0.4) is 0 Å². The van der Waals surface area contributed by atoms with Gasteiger partial charge in [0.2, 0.25) is 0 Å². The van der Waals surface area contributed by atoms with Crippen molar-refractivity contribution in [2.45, 2.75) is 0 Å². The minimum absolute atomic E-state index is 0.208. The lowest BCUT2D eigenvalue weighted by Crippen LogP contribution is -1.76. The highest BCUT2D eigenvalue weighted by Gasteiger charge is 2.08. The van der Waals surface area contributed by atoms with Crippen LogP contribution >= 0.6 is 12.2 Å². The van der Waals surface area contributed by atoms with Gasteiger partial charge in [-0.25, -0.2) is 9.49 Å². The van der Waals surface area contributed by atoms with Crippen molar-refractivity contribution < 1.29 is 8.81 Å². The van der Waals surface area contributed by atoms with Crippen LogP contribution in [0.25, 0.3) is 22.5 Å². The van der Waals surface area contributed by atoms with Gasteiger partial charge in [-0.05, 0) is 36.5 Å². The molecule has 6 heteroatoms. The lowest BCUT2D eigenvalue weighted by atomic mass is 10.2. The van der Waals surface area contributed by atoms with Crippen LogP contribution in [0.4, 0.5) is 4.39 Å². The Kier molecular flexibility index (Phi) is 1.90. The molecule has 2 N–H and O–H groups in total. The zero-order valence-corrected chi connectivity index (χ0v) is 8.77. The van der Waals surface area contributed by atoms with E-state index in [2.05, 4.69) is 15.2 Å². The van der Waals surface area contributed by atoms with Crippen molar-refractivity contribution in [3.63, 3.8) is 0 Å². The number of rotatable bonds is 1. The molecule has 80 valence electrons. The van der Waals surface area contributed by atoms with Crippen LogP contribution in [0.5, 0.6) is 0 Å². The first-order chi connectivity index (χ1) is 7.72. The molecule has 0 atom stereocenters. The second-order valence-electron chi connectivity index (χ2n) is 3.33. The van der Waals surface area contributed by atoms with Crippen molar-refractivity contribution >= 4 is 23.1 Å². The molecule has 3 aromatic rings. The fourth-order valence-corrected chi connectivity index (χ4v) is 1.68. The second kappa shape index (κ2) is 3.28. The maximum atomic E-state index is 13.0. The standard InChI is InChI=1S/C10H6FN3OS/c11-6-2-1-5-3-8(12-7(5)4-6)9-13-14-10(16)15-9/h1-4,12H,(H,14,16). The number of hydrogen-bond acceptors (Lipinski definition) is 3. The molecule has 2 heterocycles. The van der Waals surface area contributed by atoms with E-state index in [1.807, 2.05) is 6.07 Å². The summed E-state index contributed by atoms with van der Waals surface area (Å²) in [5, 5.41) is 7.30. The zero-order chi connectivity index (χ0) is 11.1. The van der Waals surface area contributed by atoms with Crippen molar-refractivity contribution in [3.05, 3.63) is 34.9 Å². The van der Waals surface area contributed by atoms with Gasteiger partial charge >= 0.3 is 0 Å². The largest absolute Gasteiger partial charge is 0.408 e. The summed E-state index contributed by atoms with van der Waals surface area (Å²) in [6, 6.07) is 6.33. The monoisotopic (exact) mass is 235 g/mol. The Morgan fingerprint density at radius 2 is 2.19 bits per heavy atom. The van der Waals surface area contributed by atoms with Crippen LogP contribution in [0.15, 0.2) is 28.7 Å². The van der Waals surface area contributed by atoms with E-state index in [1.165, 1.54) is 12.1 Å². The summed E-state index contributed by atoms with van der Waals surface area (Å²) in [6.45, 7) is 0. The number of halogens is 1. The van der Waals surface area contributed by atoms with Crippen LogP contribution in [0.1, 0.15) is 0 Å². The van der Waals surface area contributed by atoms with Crippen LogP contribution in [-0.4, -0.2) is 15.2 Å². The van der Waals surface area contributed by atoms with Gasteiger partial charge in [-0.2, -0.15) is 0 Å². The van der Waals surface area contributed by atoms with Crippen molar-refractivity contribution in [2.75, 3.05) is 0 Å². The average Bonchev–Trinajstić information content (AvgIpc) is 2.83. The maximum absolute atomic E-state index is 13.0. The van der Waals surface area contributed by atoms with E-state index in [4.69, 9.17) is 16.6 Å². The Bertz CT molecular complexity index is 712. The lowest BCUT2D eigenvalue weighted by molar-refractivity contribution is 0.550. The van der Waals surface area contributed by atoms with E-state index in [9.17, 15) is 4.39 Å². The van der Waals surface area contributed by atoms with Gasteiger partial charge < -0.3 is 9.40 Å². The summed E-state index contributed by atoms with van der Waals surface area (Å²) in [5.41, 5.74) is 1.35. The summed E-state index contributed by atoms with van der Waals surface area (Å²) in [4.78, 5) is 3.21. The number of H-pyrrole nitrogens is 2. The van der Waals surface area contributed by atoms with E-state index in [1.54, 1.807) is 6.07 Å². The summed E-state index contributed by atoms with van der Waals surface area (Å²) in [6.07, 6.45) is 0. The van der Waals surface area contributed by atoms with Gasteiger partial charge in [0.25, 0.3) is 10.7 Å². The minimum Gasteiger partial charge on any atom is -0.408 e. The normalized spacial score (nSPS) is 11.1. The third kappa shape index (κ3) is 1.43. The van der Waals surface area contributed by atoms with E-state index in [-0.39, 0.29) is 10.7 Å². The predicted molar refractivity (Wildman–Crippen MR) is 58.9 cm³/mol. The van der Waals surface area contributed by atoms with Gasteiger partial charge in [-0.3, -0.25) is 0 Å². The Hall–Kier alpha value is -1.95. The van der Waals surface area contributed by atoms with Gasteiger partial charge in [0, 0.05) is 10.9 Å². The van der Waals surface area contributed by atoms with Gasteiger partial charge in [-0.1, -0.05) is 0 Å². The number of fused-ring (bicyclic) bond motifs is 1. The molecular weight excluding hydrogens is 229 g/mol. The Balaban J connectivity index is 2.22. The Morgan fingerprint density at radius 3 is 2.94 bits per heavy atom. The zero-order valence-electron chi connectivity index (χ0n) is 7.95. The lowest BCUT2D eigenvalue weighted by Gasteiger charge is -1.88. The summed E-state index contributed by atoms with van der Waals surface area (Å²) in [7, 11) is 0. The second-order valence-corrected chi connectivity index (χ2v) is 3.70. The molecule has 0 saturated heterocycles. The number of nitrogens with one attached hydrogen (secondary N) is 2. The van der Waals surface area contributed by atoms with Gasteiger partial charge in [0.05, 0.1) is 0 Å². The molecule has 0 bridgehead atoms. The predicted octanol–water partition coefficient (Wildman–Crippen LogP) is 3.02. The number of nitrogens with zero attached hydrogens (tertiary/aromatic N) is 1. The smallest absolute Gasteiger partial charge is 0.284 e. The van der Waals surface area contributed by atoms with Crippen molar-refractivity contribution in [3.8, 4) is 11.6 Å². The molecule has 2 aromatic heterocycles. The minimum atomic E-state index is -0.288. The molecule has 0 spiro atoms. The highest BCUT2D eigenvalue weighted by molar-refractivity contribution is 7.71. The number of benzene rings is 1. The third-order valence-electron chi connectivity index (χ3n) is 2.25. The fourth-order valence-electron chi connectivity index (χ4n) is 1.56. The number of hydrogen-bond donors (Lipinski definition) is 2. The first-order valence-electron chi connectivity index (χ1n) is 4.56. The molecule has 0 amide bonds. The highest BCUT2D eigenvalue weighted by Crippen LogP contribution is 2.23. The summed E-state index contributed by atoms with van der Waals surface area (Å²) >= 11 is 4.78. The van der Waals surface area contributed by atoms with E-state index in [0.717, 1.165) is 5.39 Å². The summed E-state index contributed by atoms with van der Waals surface area (Å²) in [5.74, 6) is 0.0745. The summed E-state index contributed by atoms with van der Waals surface area (Å²) < 4.78 is 18.1. The van der Waals surface area contributed by atoms with Crippen LogP contribution < -0.4 is 0 Å². The SMILES string of the molecule is Fc1ccc2cc(-c3n[nH]c(=S)o3)[nH]c2c1. The van der Waals surface area contributed by atoms with Crippen LogP contribution in [0, 0.1) is 10.7 Å². The molecule has 0 aliphatic carbocycles. The molecule has 0 unspecified atom stereocenters. The molecule has 1 aromatic carbocycles. The first-order valence-corrected chi connectivity index (χ1v) is 4.97. The van der Waals surface area contributed by atoms with Gasteiger partial charge in [-0.15, -0.1) is 5.10 Å². The quantitative estimate of drug-likeness (QED) is 0.637. The van der Waals surface area contributed by atoms with Crippen molar-refractivity contribution in [1.82, 2.24) is 15.2 Å². The number of aromatic amines is 2. The molecule has 0 aliphatic heterocycles. The Labute approximate surface area is 94.1 Å². The molecule has 0 radical (unpaired) electrons. The van der Waals surface area contributed by atoms with Crippen molar-refractivity contribution in [2.24, 2.45) is 0 Å². The van der Waals surface area contributed by atoms with E-state index >= 15 is 0 Å². The average molecular weight is 235 g/mol. The topological polar surface area (TPSA) is 57.6 Å². The van der Waals surface area contributed by atoms with Gasteiger partial charge in [0.1, 0.15) is 11.5 Å². The Morgan fingerprint density at radius 1 is 1.31 bits per heavy atom. The van der Waals surface area contributed by atoms with E-state index < -0.39 is 0 Å². The van der Waals surface area contributed by atoms with Crippen LogP contribution in [0.2, 0.25) is 0 Å². The fraction of sp³-hybridized carbons (Fsp3) is 0. The molecular formula is C10H6FN3OS. The highest BCUT2D eigenvalue weighted by atomic mass is 32.1. The third-order valence-corrected chi connectivity index (χ3v) is 2.43. The maximum Gasteiger partial charge on any atom is 0.284 e. The first kappa shape index (κ1) is 9.29. The van der Waals surface area contributed by atoms with Crippen LogP contribution in [-0.2, 0) is 0 Å². The van der Waals surface area contributed by atoms with E-state index in [0.29, 0.717) is 17.1 Å². The molecule has 0 fully saturated rings. The molecule has 4 nitrogen and oxygen atoms in total. The van der Waals surface area contributed by atoms with Crippen molar-refractivity contribution in [1.29, 1.82) is 0 Å². The molecule has 0 saturated carbocycles. The molecule has 3 rings (SSSR count). The van der Waals surface area contributed by atoms with Gasteiger partial charge in [0.15, 0.2) is 0 Å².